The third kappa shape index (κ3) is 2.65. The van der Waals surface area contributed by atoms with Gasteiger partial charge in [-0.1, -0.05) is 12.1 Å². The van der Waals surface area contributed by atoms with Crippen molar-refractivity contribution >= 4 is 11.2 Å². The van der Waals surface area contributed by atoms with E-state index in [2.05, 4.69) is 9.97 Å². The van der Waals surface area contributed by atoms with Crippen LogP contribution in [0.1, 0.15) is 11.4 Å². The van der Waals surface area contributed by atoms with Crippen molar-refractivity contribution in [2.24, 2.45) is 14.1 Å². The van der Waals surface area contributed by atoms with Gasteiger partial charge in [0.15, 0.2) is 5.65 Å². The first-order chi connectivity index (χ1) is 11.0. The first kappa shape index (κ1) is 15.1. The molecule has 23 heavy (non-hydrogen) atoms. The first-order valence-electron chi connectivity index (χ1n) is 7.29. The Labute approximate surface area is 132 Å². The van der Waals surface area contributed by atoms with Crippen LogP contribution in [0.2, 0.25) is 0 Å². The quantitative estimate of drug-likeness (QED) is 0.770. The minimum atomic E-state index is -0.379. The highest BCUT2D eigenvalue weighted by Crippen LogP contribution is 2.13. The van der Waals surface area contributed by atoms with E-state index < -0.39 is 0 Å². The molecule has 7 heteroatoms. The van der Waals surface area contributed by atoms with Crippen molar-refractivity contribution in [3.8, 4) is 5.75 Å². The van der Waals surface area contributed by atoms with Crippen molar-refractivity contribution in [1.82, 2.24) is 19.1 Å². The summed E-state index contributed by atoms with van der Waals surface area (Å²) in [5, 5.41) is 0. The zero-order valence-electron chi connectivity index (χ0n) is 13.3. The number of hydrogen-bond acceptors (Lipinski definition) is 4. The van der Waals surface area contributed by atoms with Gasteiger partial charge in [0.1, 0.15) is 17.1 Å². The maximum atomic E-state index is 12.1. The molecule has 3 rings (SSSR count). The van der Waals surface area contributed by atoms with Gasteiger partial charge in [0.2, 0.25) is 0 Å². The lowest BCUT2D eigenvalue weighted by atomic mass is 10.1. The largest absolute Gasteiger partial charge is 0.497 e. The summed E-state index contributed by atoms with van der Waals surface area (Å²) >= 11 is 0. The van der Waals surface area contributed by atoms with E-state index in [0.29, 0.717) is 23.4 Å². The number of rotatable bonds is 4. The molecule has 0 radical (unpaired) electrons. The van der Waals surface area contributed by atoms with Gasteiger partial charge in [0, 0.05) is 20.5 Å². The van der Waals surface area contributed by atoms with Gasteiger partial charge in [-0.05, 0) is 24.1 Å². The summed E-state index contributed by atoms with van der Waals surface area (Å²) in [6.45, 7) is 0. The van der Waals surface area contributed by atoms with E-state index in [1.165, 1.54) is 11.6 Å². The topological polar surface area (TPSA) is 81.9 Å². The summed E-state index contributed by atoms with van der Waals surface area (Å²) in [7, 11) is 4.70. The zero-order chi connectivity index (χ0) is 16.6. The lowest BCUT2D eigenvalue weighted by molar-refractivity contribution is 0.414. The molecule has 1 aromatic carbocycles. The monoisotopic (exact) mass is 314 g/mol. The second-order valence-corrected chi connectivity index (χ2v) is 5.44. The molecule has 2 aromatic heterocycles. The smallest absolute Gasteiger partial charge is 0.332 e. The Hall–Kier alpha value is -2.83. The number of benzene rings is 1. The second kappa shape index (κ2) is 5.75. The van der Waals surface area contributed by atoms with Crippen molar-refractivity contribution in [3.05, 3.63) is 56.5 Å². The average Bonchev–Trinajstić information content (AvgIpc) is 3.01. The fraction of sp³-hybridized carbons (Fsp3) is 0.312. The molecule has 0 bridgehead atoms. The van der Waals surface area contributed by atoms with Crippen LogP contribution in [0.5, 0.6) is 5.75 Å². The van der Waals surface area contributed by atoms with Gasteiger partial charge in [-0.2, -0.15) is 0 Å². The van der Waals surface area contributed by atoms with Crippen molar-refractivity contribution in [2.75, 3.05) is 7.11 Å². The molecule has 0 aliphatic carbocycles. The second-order valence-electron chi connectivity index (χ2n) is 5.44. The van der Waals surface area contributed by atoms with E-state index in [1.807, 2.05) is 24.3 Å². The van der Waals surface area contributed by atoms with Crippen LogP contribution >= 0.6 is 0 Å². The molecule has 0 spiro atoms. The lowest BCUT2D eigenvalue weighted by Gasteiger charge is -2.02. The third-order valence-electron chi connectivity index (χ3n) is 3.95. The molecule has 2 heterocycles. The summed E-state index contributed by atoms with van der Waals surface area (Å²) in [5.74, 6) is 1.50. The number of imidazole rings is 1. The van der Waals surface area contributed by atoms with Crippen LogP contribution in [0.3, 0.4) is 0 Å². The number of aryl methyl sites for hydroxylation is 3. The van der Waals surface area contributed by atoms with Crippen molar-refractivity contribution in [2.45, 2.75) is 12.8 Å². The number of fused-ring (bicyclic) bond motifs is 1. The molecule has 0 atom stereocenters. The van der Waals surface area contributed by atoms with Crippen LogP contribution in [0, 0.1) is 0 Å². The fourth-order valence-corrected chi connectivity index (χ4v) is 2.55. The van der Waals surface area contributed by atoms with Crippen LogP contribution in [-0.2, 0) is 26.9 Å². The van der Waals surface area contributed by atoms with Gasteiger partial charge < -0.3 is 9.72 Å². The van der Waals surface area contributed by atoms with Gasteiger partial charge in [0.05, 0.1) is 7.11 Å². The molecule has 0 fully saturated rings. The molecule has 0 aliphatic heterocycles. The normalized spacial score (nSPS) is 11.1. The van der Waals surface area contributed by atoms with E-state index >= 15 is 0 Å². The maximum Gasteiger partial charge on any atom is 0.332 e. The number of H-pyrrole nitrogens is 1. The number of hydrogen-bond donors (Lipinski definition) is 1. The molecule has 3 aromatic rings. The third-order valence-corrected chi connectivity index (χ3v) is 3.95. The minimum Gasteiger partial charge on any atom is -0.497 e. The number of aromatic nitrogens is 4. The minimum absolute atomic E-state index is 0.355. The molecule has 120 valence electrons. The number of nitrogens with zero attached hydrogens (tertiary/aromatic N) is 3. The number of nitrogens with one attached hydrogen (secondary N) is 1. The molecular formula is C16H18N4O3. The van der Waals surface area contributed by atoms with Gasteiger partial charge in [-0.15, -0.1) is 0 Å². The van der Waals surface area contributed by atoms with Gasteiger partial charge >= 0.3 is 5.69 Å². The van der Waals surface area contributed by atoms with E-state index in [0.717, 1.165) is 22.3 Å². The Kier molecular flexibility index (Phi) is 3.77. The van der Waals surface area contributed by atoms with Gasteiger partial charge in [-0.3, -0.25) is 13.9 Å². The molecule has 1 N–H and O–H groups in total. The summed E-state index contributed by atoms with van der Waals surface area (Å²) in [5.41, 5.74) is 1.16. The van der Waals surface area contributed by atoms with Crippen LogP contribution in [0.4, 0.5) is 0 Å². The lowest BCUT2D eigenvalue weighted by Crippen LogP contribution is -2.36. The Balaban J connectivity index is 1.89. The van der Waals surface area contributed by atoms with Crippen molar-refractivity contribution in [1.29, 1.82) is 0 Å². The molecule has 0 saturated heterocycles. The van der Waals surface area contributed by atoms with Gasteiger partial charge in [0.25, 0.3) is 5.56 Å². The van der Waals surface area contributed by atoms with E-state index in [1.54, 1.807) is 14.2 Å². The van der Waals surface area contributed by atoms with Crippen LogP contribution in [0.15, 0.2) is 33.9 Å². The number of methoxy groups -OCH3 is 1. The van der Waals surface area contributed by atoms with Crippen LogP contribution in [0.25, 0.3) is 11.2 Å². The Bertz CT molecular complexity index is 964. The Morgan fingerprint density at radius 1 is 1.09 bits per heavy atom. The highest BCUT2D eigenvalue weighted by atomic mass is 16.5. The zero-order valence-corrected chi connectivity index (χ0v) is 13.3. The molecule has 7 nitrogen and oxygen atoms in total. The Morgan fingerprint density at radius 2 is 1.78 bits per heavy atom. The maximum absolute atomic E-state index is 12.1. The summed E-state index contributed by atoms with van der Waals surface area (Å²) in [6, 6.07) is 7.81. The predicted octanol–water partition coefficient (Wildman–Crippen LogP) is 0.754. The average molecular weight is 314 g/mol. The summed E-state index contributed by atoms with van der Waals surface area (Å²) < 4.78 is 7.59. The van der Waals surface area contributed by atoms with Crippen molar-refractivity contribution in [3.63, 3.8) is 0 Å². The summed E-state index contributed by atoms with van der Waals surface area (Å²) in [6.07, 6.45) is 1.43. The standard InChI is InChI=1S/C16H18N4O3/c1-19-14-13(15(21)20(2)16(19)22)17-12(18-14)9-6-10-4-7-11(23-3)8-5-10/h4-5,7-8H,6,9H2,1-3H3,(H,17,18). The highest BCUT2D eigenvalue weighted by molar-refractivity contribution is 5.69. The fourth-order valence-electron chi connectivity index (χ4n) is 2.55. The van der Waals surface area contributed by atoms with E-state index in [9.17, 15) is 9.59 Å². The van der Waals surface area contributed by atoms with Crippen LogP contribution in [-0.4, -0.2) is 26.2 Å². The van der Waals surface area contributed by atoms with E-state index in [-0.39, 0.29) is 11.2 Å². The SMILES string of the molecule is COc1ccc(CCc2nc3c([nH]2)c(=O)n(C)c(=O)n3C)cc1. The van der Waals surface area contributed by atoms with E-state index in [4.69, 9.17) is 4.74 Å². The van der Waals surface area contributed by atoms with Gasteiger partial charge in [-0.25, -0.2) is 9.78 Å². The molecule has 0 saturated carbocycles. The van der Waals surface area contributed by atoms with Crippen LogP contribution < -0.4 is 16.0 Å². The number of aromatic amines is 1. The molecular weight excluding hydrogens is 296 g/mol. The number of ether oxygens (including phenoxy) is 1. The summed E-state index contributed by atoms with van der Waals surface area (Å²) in [4.78, 5) is 31.5. The highest BCUT2D eigenvalue weighted by Gasteiger charge is 2.13. The Morgan fingerprint density at radius 3 is 2.43 bits per heavy atom. The molecule has 0 amide bonds. The molecule has 0 unspecified atom stereocenters. The predicted molar refractivity (Wildman–Crippen MR) is 87.0 cm³/mol. The molecule has 0 aliphatic rings. The first-order valence-corrected chi connectivity index (χ1v) is 7.29. The van der Waals surface area contributed by atoms with Crippen molar-refractivity contribution < 1.29 is 4.74 Å².